The number of rotatable bonds is 12. The van der Waals surface area contributed by atoms with Crippen molar-refractivity contribution in [2.24, 2.45) is 11.7 Å². The predicted octanol–water partition coefficient (Wildman–Crippen LogP) is -0.203. The summed E-state index contributed by atoms with van der Waals surface area (Å²) in [5, 5.41) is 25.9. The molecule has 178 valence electrons. The molecule has 32 heavy (non-hydrogen) atoms. The highest BCUT2D eigenvalue weighted by molar-refractivity contribution is 7.80. The molecule has 10 nitrogen and oxygen atoms in total. The molecule has 0 spiro atoms. The van der Waals surface area contributed by atoms with Gasteiger partial charge in [-0.25, -0.2) is 4.79 Å². The largest absolute Gasteiger partial charge is 0.508 e. The molecule has 0 heterocycles. The molecule has 0 bridgehead atoms. The van der Waals surface area contributed by atoms with E-state index in [1.165, 1.54) is 19.1 Å². The van der Waals surface area contributed by atoms with E-state index < -0.39 is 47.9 Å². The molecule has 0 fully saturated rings. The molecule has 1 rings (SSSR count). The van der Waals surface area contributed by atoms with Crippen LogP contribution in [0.3, 0.4) is 0 Å². The van der Waals surface area contributed by atoms with E-state index in [0.29, 0.717) is 0 Å². The lowest BCUT2D eigenvalue weighted by atomic mass is 10.0. The monoisotopic (exact) mass is 468 g/mol. The van der Waals surface area contributed by atoms with Crippen LogP contribution in [-0.4, -0.2) is 63.8 Å². The van der Waals surface area contributed by atoms with Crippen molar-refractivity contribution in [2.45, 2.75) is 57.8 Å². The number of carboxylic acid groups (broad SMARTS) is 1. The van der Waals surface area contributed by atoms with Crippen LogP contribution in [0.15, 0.2) is 24.3 Å². The quantitative estimate of drug-likeness (QED) is 0.208. The van der Waals surface area contributed by atoms with E-state index in [1.54, 1.807) is 12.1 Å². The summed E-state index contributed by atoms with van der Waals surface area (Å²) in [6, 6.07) is 2.14. The maximum atomic E-state index is 12.5. The van der Waals surface area contributed by atoms with Crippen LogP contribution in [0.4, 0.5) is 0 Å². The number of hydrogen-bond acceptors (Lipinski definition) is 7. The Labute approximate surface area is 192 Å². The van der Waals surface area contributed by atoms with E-state index in [-0.39, 0.29) is 30.3 Å². The molecule has 0 saturated carbocycles. The fourth-order valence-corrected chi connectivity index (χ4v) is 3.08. The summed E-state index contributed by atoms with van der Waals surface area (Å²) in [7, 11) is 0. The molecule has 0 aliphatic carbocycles. The number of aliphatic carboxylic acids is 1. The zero-order valence-electron chi connectivity index (χ0n) is 18.4. The third-order valence-electron chi connectivity index (χ3n) is 4.62. The number of carbonyl (C=O) groups is 4. The number of carbonyl (C=O) groups excluding carboxylic acids is 3. The van der Waals surface area contributed by atoms with Crippen LogP contribution in [-0.2, 0) is 25.6 Å². The van der Waals surface area contributed by atoms with E-state index in [4.69, 9.17) is 5.73 Å². The van der Waals surface area contributed by atoms with E-state index >= 15 is 0 Å². The summed E-state index contributed by atoms with van der Waals surface area (Å²) in [6.07, 6.45) is 0.439. The van der Waals surface area contributed by atoms with Crippen molar-refractivity contribution in [3.63, 3.8) is 0 Å². The van der Waals surface area contributed by atoms with Gasteiger partial charge in [0.05, 0.1) is 6.04 Å². The standard InChI is InChI=1S/C21H32N4O6S/c1-11(2)8-16(21(30)31)24-18(27)12(3)23-20(29)17(10-32)25-19(28)15(22)9-13-4-6-14(26)7-5-13/h4-7,11-12,15-17,26,32H,8-10,22H2,1-3H3,(H,23,29)(H,24,27)(H,25,28)(H,30,31). The summed E-state index contributed by atoms with van der Waals surface area (Å²) in [5.74, 6) is -2.93. The molecular weight excluding hydrogens is 436 g/mol. The fraction of sp³-hybridized carbons (Fsp3) is 0.524. The van der Waals surface area contributed by atoms with Gasteiger partial charge in [-0.05, 0) is 43.4 Å². The van der Waals surface area contributed by atoms with Gasteiger partial charge < -0.3 is 31.9 Å². The highest BCUT2D eigenvalue weighted by Crippen LogP contribution is 2.11. The first-order valence-corrected chi connectivity index (χ1v) is 10.9. The molecule has 0 aromatic heterocycles. The third-order valence-corrected chi connectivity index (χ3v) is 4.98. The SMILES string of the molecule is CC(C)CC(NC(=O)C(C)NC(=O)C(CS)NC(=O)C(N)Cc1ccc(O)cc1)C(=O)O. The van der Waals surface area contributed by atoms with Crippen LogP contribution in [0.25, 0.3) is 0 Å². The van der Waals surface area contributed by atoms with Gasteiger partial charge in [0.15, 0.2) is 0 Å². The van der Waals surface area contributed by atoms with E-state index in [1.807, 2.05) is 13.8 Å². The summed E-state index contributed by atoms with van der Waals surface area (Å²) >= 11 is 4.08. The molecule has 0 saturated heterocycles. The van der Waals surface area contributed by atoms with Crippen LogP contribution in [0, 0.1) is 5.92 Å². The number of hydrogen-bond donors (Lipinski definition) is 7. The summed E-state index contributed by atoms with van der Waals surface area (Å²) < 4.78 is 0. The van der Waals surface area contributed by atoms with Crippen molar-refractivity contribution < 1.29 is 29.4 Å². The highest BCUT2D eigenvalue weighted by atomic mass is 32.1. The van der Waals surface area contributed by atoms with Crippen LogP contribution < -0.4 is 21.7 Å². The molecule has 7 N–H and O–H groups in total. The lowest BCUT2D eigenvalue weighted by Crippen LogP contribution is -2.57. The number of amides is 3. The van der Waals surface area contributed by atoms with Gasteiger partial charge in [0, 0.05) is 5.75 Å². The number of aromatic hydroxyl groups is 1. The Hall–Kier alpha value is -2.79. The first kappa shape index (κ1) is 27.2. The van der Waals surface area contributed by atoms with Gasteiger partial charge in [0.2, 0.25) is 17.7 Å². The lowest BCUT2D eigenvalue weighted by molar-refractivity contribution is -0.142. The van der Waals surface area contributed by atoms with Crippen LogP contribution in [0.2, 0.25) is 0 Å². The average Bonchev–Trinajstić information content (AvgIpc) is 2.72. The summed E-state index contributed by atoms with van der Waals surface area (Å²) in [6.45, 7) is 5.08. The van der Waals surface area contributed by atoms with Crippen LogP contribution in [0.5, 0.6) is 5.75 Å². The number of nitrogens with one attached hydrogen (secondary N) is 3. The number of carboxylic acids is 1. The van der Waals surface area contributed by atoms with Crippen LogP contribution in [0.1, 0.15) is 32.8 Å². The molecule has 0 radical (unpaired) electrons. The van der Waals surface area contributed by atoms with Gasteiger partial charge >= 0.3 is 5.97 Å². The minimum Gasteiger partial charge on any atom is -0.508 e. The maximum Gasteiger partial charge on any atom is 0.326 e. The summed E-state index contributed by atoms with van der Waals surface area (Å²) in [4.78, 5) is 48.5. The Balaban J connectivity index is 2.64. The number of thiol groups is 1. The van der Waals surface area contributed by atoms with E-state index in [9.17, 15) is 29.4 Å². The minimum atomic E-state index is -1.16. The smallest absolute Gasteiger partial charge is 0.326 e. The van der Waals surface area contributed by atoms with Crippen molar-refractivity contribution in [1.82, 2.24) is 16.0 Å². The van der Waals surface area contributed by atoms with Crippen molar-refractivity contribution in [3.8, 4) is 5.75 Å². The van der Waals surface area contributed by atoms with Crippen molar-refractivity contribution in [3.05, 3.63) is 29.8 Å². The Morgan fingerprint density at radius 1 is 0.938 bits per heavy atom. The minimum absolute atomic E-state index is 0.0387. The number of benzene rings is 1. The Morgan fingerprint density at radius 3 is 2.00 bits per heavy atom. The molecule has 4 atom stereocenters. The van der Waals surface area contributed by atoms with Gasteiger partial charge in [-0.1, -0.05) is 26.0 Å². The predicted molar refractivity (Wildman–Crippen MR) is 122 cm³/mol. The number of phenolic OH excluding ortho intramolecular Hbond substituents is 1. The molecule has 3 amide bonds. The third kappa shape index (κ3) is 9.15. The van der Waals surface area contributed by atoms with Crippen molar-refractivity contribution >= 4 is 36.3 Å². The fourth-order valence-electron chi connectivity index (χ4n) is 2.82. The molecular formula is C21H32N4O6S. The molecule has 0 aliphatic heterocycles. The molecule has 1 aromatic carbocycles. The maximum absolute atomic E-state index is 12.5. The van der Waals surface area contributed by atoms with Gasteiger partial charge in [0.1, 0.15) is 23.9 Å². The second-order valence-electron chi connectivity index (χ2n) is 7.98. The Kier molecular flexibility index (Phi) is 11.0. The zero-order chi connectivity index (χ0) is 24.4. The molecule has 4 unspecified atom stereocenters. The van der Waals surface area contributed by atoms with Gasteiger partial charge in [-0.15, -0.1) is 0 Å². The average molecular weight is 469 g/mol. The van der Waals surface area contributed by atoms with Crippen LogP contribution >= 0.6 is 12.6 Å². The second-order valence-corrected chi connectivity index (χ2v) is 8.35. The molecule has 0 aliphatic rings. The topological polar surface area (TPSA) is 171 Å². The molecule has 1 aromatic rings. The first-order chi connectivity index (χ1) is 14.9. The van der Waals surface area contributed by atoms with E-state index in [0.717, 1.165) is 5.56 Å². The molecule has 11 heteroatoms. The van der Waals surface area contributed by atoms with Crippen molar-refractivity contribution in [1.29, 1.82) is 0 Å². The lowest BCUT2D eigenvalue weighted by Gasteiger charge is -2.23. The first-order valence-electron chi connectivity index (χ1n) is 10.2. The zero-order valence-corrected chi connectivity index (χ0v) is 19.3. The normalized spacial score (nSPS) is 14.7. The number of phenols is 1. The Bertz CT molecular complexity index is 802. The second kappa shape index (κ2) is 12.9. The van der Waals surface area contributed by atoms with Gasteiger partial charge in [-0.2, -0.15) is 12.6 Å². The number of nitrogens with two attached hydrogens (primary N) is 1. The van der Waals surface area contributed by atoms with Crippen molar-refractivity contribution in [2.75, 3.05) is 5.75 Å². The van der Waals surface area contributed by atoms with Gasteiger partial charge in [-0.3, -0.25) is 14.4 Å². The van der Waals surface area contributed by atoms with Gasteiger partial charge in [0.25, 0.3) is 0 Å². The summed E-state index contributed by atoms with van der Waals surface area (Å²) in [5.41, 5.74) is 6.65. The highest BCUT2D eigenvalue weighted by Gasteiger charge is 2.28. The van der Waals surface area contributed by atoms with E-state index in [2.05, 4.69) is 28.6 Å². The Morgan fingerprint density at radius 2 is 1.50 bits per heavy atom.